The zero-order valence-corrected chi connectivity index (χ0v) is 12.8. The van der Waals surface area contributed by atoms with E-state index in [-0.39, 0.29) is 18.8 Å². The molecule has 0 N–H and O–H groups in total. The van der Waals surface area contributed by atoms with Gasteiger partial charge in [-0.1, -0.05) is 23.7 Å². The molecule has 0 bridgehead atoms. The van der Waals surface area contributed by atoms with Crippen LogP contribution in [0.3, 0.4) is 0 Å². The third-order valence-electron chi connectivity index (χ3n) is 2.91. The van der Waals surface area contributed by atoms with E-state index in [2.05, 4.69) is 4.99 Å². The van der Waals surface area contributed by atoms with Crippen LogP contribution in [0.25, 0.3) is 0 Å². The van der Waals surface area contributed by atoms with Crippen LogP contribution >= 0.6 is 11.6 Å². The number of sulfonamides is 1. The Hall–Kier alpha value is -1.54. The molecule has 4 nitrogen and oxygen atoms in total. The fourth-order valence-electron chi connectivity index (χ4n) is 1.84. The van der Waals surface area contributed by atoms with Crippen molar-refractivity contribution in [1.29, 1.82) is 0 Å². The zero-order chi connectivity index (χ0) is 16.4. The minimum absolute atomic E-state index is 0.133. The van der Waals surface area contributed by atoms with Crippen molar-refractivity contribution in [1.82, 2.24) is 4.31 Å². The van der Waals surface area contributed by atoms with Gasteiger partial charge in [-0.25, -0.2) is 8.42 Å². The maximum Gasteiger partial charge on any atom is 0.432 e. The maximum atomic E-state index is 12.6. The van der Waals surface area contributed by atoms with Crippen molar-refractivity contribution < 1.29 is 21.6 Å². The molecular formula is C13H12ClF3N2O2S. The quantitative estimate of drug-likeness (QED) is 0.839. The summed E-state index contributed by atoms with van der Waals surface area (Å²) in [7, 11) is -3.78. The molecular weight excluding hydrogens is 341 g/mol. The van der Waals surface area contributed by atoms with E-state index in [9.17, 15) is 21.6 Å². The lowest BCUT2D eigenvalue weighted by Crippen LogP contribution is -2.29. The number of hydrogen-bond acceptors (Lipinski definition) is 3. The van der Waals surface area contributed by atoms with Gasteiger partial charge < -0.3 is 0 Å². The van der Waals surface area contributed by atoms with Gasteiger partial charge in [0.05, 0.1) is 18.8 Å². The summed E-state index contributed by atoms with van der Waals surface area (Å²) in [5.74, 6) is -0.324. The van der Waals surface area contributed by atoms with Crippen LogP contribution in [0, 0.1) is 0 Å². The highest BCUT2D eigenvalue weighted by molar-refractivity contribution is 7.88. The second kappa shape index (κ2) is 6.29. The molecule has 1 aliphatic rings. The highest BCUT2D eigenvalue weighted by Crippen LogP contribution is 2.21. The molecule has 1 heterocycles. The molecule has 0 amide bonds. The fourth-order valence-corrected chi connectivity index (χ4v) is 3.35. The molecule has 0 saturated heterocycles. The van der Waals surface area contributed by atoms with Crippen molar-refractivity contribution in [3.8, 4) is 0 Å². The molecule has 2 rings (SSSR count). The highest BCUT2D eigenvalue weighted by atomic mass is 35.5. The molecule has 0 radical (unpaired) electrons. The molecule has 1 aromatic rings. The van der Waals surface area contributed by atoms with Crippen LogP contribution in [0.15, 0.2) is 41.5 Å². The lowest BCUT2D eigenvalue weighted by Gasteiger charge is -2.18. The minimum Gasteiger partial charge on any atom is -0.279 e. The number of hydrogen-bond donors (Lipinski definition) is 0. The van der Waals surface area contributed by atoms with E-state index >= 15 is 0 Å². The molecule has 0 aromatic heterocycles. The Labute approximate surface area is 131 Å². The summed E-state index contributed by atoms with van der Waals surface area (Å²) in [6, 6.07) is 6.21. The number of benzene rings is 1. The molecule has 22 heavy (non-hydrogen) atoms. The van der Waals surface area contributed by atoms with E-state index in [1.54, 1.807) is 24.3 Å². The first kappa shape index (κ1) is 16.8. The van der Waals surface area contributed by atoms with E-state index in [1.165, 1.54) is 0 Å². The number of allylic oxidation sites excluding steroid dienone is 1. The molecule has 0 unspecified atom stereocenters. The normalized spacial score (nSPS) is 16.4. The standard InChI is InChI=1S/C13H12ClF3N2O2S/c14-11-3-1-10(2-4-11)9-22(20,21)19-7-5-12(13(15,16)17)18-6-8-19/h1-5,7H,6,8-9H2. The molecule has 0 spiro atoms. The van der Waals surface area contributed by atoms with Gasteiger partial charge in [-0.05, 0) is 23.8 Å². The molecule has 1 aliphatic heterocycles. The first-order valence-electron chi connectivity index (χ1n) is 6.22. The topological polar surface area (TPSA) is 49.7 Å². The predicted octanol–water partition coefficient (Wildman–Crippen LogP) is 3.00. The summed E-state index contributed by atoms with van der Waals surface area (Å²) in [4.78, 5) is 3.36. The van der Waals surface area contributed by atoms with Gasteiger partial charge in [0, 0.05) is 11.2 Å². The van der Waals surface area contributed by atoms with E-state index in [0.29, 0.717) is 16.7 Å². The summed E-state index contributed by atoms with van der Waals surface area (Å²) >= 11 is 5.72. The predicted molar refractivity (Wildman–Crippen MR) is 78.3 cm³/mol. The van der Waals surface area contributed by atoms with Crippen molar-refractivity contribution in [2.24, 2.45) is 4.99 Å². The first-order valence-corrected chi connectivity index (χ1v) is 8.21. The van der Waals surface area contributed by atoms with Crippen molar-refractivity contribution >= 4 is 27.3 Å². The van der Waals surface area contributed by atoms with E-state index < -0.39 is 21.9 Å². The highest BCUT2D eigenvalue weighted by Gasteiger charge is 2.35. The van der Waals surface area contributed by atoms with Gasteiger partial charge in [0.1, 0.15) is 5.71 Å². The molecule has 0 saturated carbocycles. The largest absolute Gasteiger partial charge is 0.432 e. The monoisotopic (exact) mass is 352 g/mol. The van der Waals surface area contributed by atoms with Gasteiger partial charge in [-0.15, -0.1) is 0 Å². The first-order chi connectivity index (χ1) is 10.2. The second-order valence-corrected chi connectivity index (χ2v) is 6.93. The average molecular weight is 353 g/mol. The molecule has 1 aromatic carbocycles. The van der Waals surface area contributed by atoms with Gasteiger partial charge in [-0.2, -0.15) is 13.2 Å². The van der Waals surface area contributed by atoms with Crippen LogP contribution in [0.2, 0.25) is 5.02 Å². The SMILES string of the molecule is O=S(=O)(Cc1ccc(Cl)cc1)N1C=CC(C(F)(F)F)=NCC1. The van der Waals surface area contributed by atoms with Crippen LogP contribution in [0.1, 0.15) is 5.56 Å². The van der Waals surface area contributed by atoms with Crippen LogP contribution in [-0.2, 0) is 15.8 Å². The molecule has 9 heteroatoms. The summed E-state index contributed by atoms with van der Waals surface area (Å²) in [6.45, 7) is -0.381. The van der Waals surface area contributed by atoms with E-state index in [1.807, 2.05) is 0 Å². The molecule has 120 valence electrons. The van der Waals surface area contributed by atoms with E-state index in [0.717, 1.165) is 10.5 Å². The van der Waals surface area contributed by atoms with Gasteiger partial charge in [0.15, 0.2) is 0 Å². The Kier molecular flexibility index (Phi) is 4.81. The molecule has 0 aliphatic carbocycles. The smallest absolute Gasteiger partial charge is 0.279 e. The number of aliphatic imine (C=N–C) groups is 1. The van der Waals surface area contributed by atoms with Crippen LogP contribution in [0.4, 0.5) is 13.2 Å². The Bertz CT molecular complexity index is 697. The zero-order valence-electron chi connectivity index (χ0n) is 11.2. The van der Waals surface area contributed by atoms with Crippen molar-refractivity contribution in [2.45, 2.75) is 11.9 Å². The van der Waals surface area contributed by atoms with Crippen LogP contribution in [0.5, 0.6) is 0 Å². The van der Waals surface area contributed by atoms with E-state index in [4.69, 9.17) is 11.6 Å². The fraction of sp³-hybridized carbons (Fsp3) is 0.308. The van der Waals surface area contributed by atoms with Crippen LogP contribution < -0.4 is 0 Å². The van der Waals surface area contributed by atoms with Crippen LogP contribution in [-0.4, -0.2) is 37.7 Å². The van der Waals surface area contributed by atoms with Gasteiger partial charge >= 0.3 is 6.18 Å². The van der Waals surface area contributed by atoms with Crippen molar-refractivity contribution in [3.63, 3.8) is 0 Å². The van der Waals surface area contributed by atoms with Crippen molar-refractivity contribution in [2.75, 3.05) is 13.1 Å². The third kappa shape index (κ3) is 4.23. The lowest BCUT2D eigenvalue weighted by molar-refractivity contribution is -0.0578. The summed E-state index contributed by atoms with van der Waals surface area (Å²) in [5, 5.41) is 0.471. The number of alkyl halides is 3. The Balaban J connectivity index is 2.15. The Morgan fingerprint density at radius 3 is 2.45 bits per heavy atom. The average Bonchev–Trinajstić information content (AvgIpc) is 2.67. The number of halogens is 4. The third-order valence-corrected chi connectivity index (χ3v) is 4.88. The van der Waals surface area contributed by atoms with Gasteiger partial charge in [-0.3, -0.25) is 9.30 Å². The summed E-state index contributed by atoms with van der Waals surface area (Å²) < 4.78 is 63.1. The Morgan fingerprint density at radius 2 is 1.86 bits per heavy atom. The number of rotatable bonds is 3. The summed E-state index contributed by atoms with van der Waals surface area (Å²) in [6.07, 6.45) is -3.01. The van der Waals surface area contributed by atoms with Crippen molar-refractivity contribution in [3.05, 3.63) is 47.1 Å². The second-order valence-electron chi connectivity index (χ2n) is 4.57. The lowest BCUT2D eigenvalue weighted by atomic mass is 10.2. The molecule has 0 atom stereocenters. The summed E-state index contributed by atoms with van der Waals surface area (Å²) in [5.41, 5.74) is -0.587. The minimum atomic E-state index is -4.59. The van der Waals surface area contributed by atoms with Gasteiger partial charge in [0.2, 0.25) is 10.0 Å². The Morgan fingerprint density at radius 1 is 1.23 bits per heavy atom. The number of nitrogens with zero attached hydrogens (tertiary/aromatic N) is 2. The molecule has 0 fully saturated rings. The van der Waals surface area contributed by atoms with Gasteiger partial charge in [0.25, 0.3) is 0 Å². The maximum absolute atomic E-state index is 12.6.